The van der Waals surface area contributed by atoms with Gasteiger partial charge in [-0.3, -0.25) is 9.79 Å². The quantitative estimate of drug-likeness (QED) is 0.937. The summed E-state index contributed by atoms with van der Waals surface area (Å²) >= 11 is 1.74. The third-order valence-electron chi connectivity index (χ3n) is 3.67. The summed E-state index contributed by atoms with van der Waals surface area (Å²) in [5.74, 6) is 0.896. The molecular weight excluding hydrogens is 292 g/mol. The fraction of sp³-hybridized carbons (Fsp3) is 0.222. The lowest BCUT2D eigenvalue weighted by atomic mass is 10.0. The van der Waals surface area contributed by atoms with Gasteiger partial charge >= 0.3 is 0 Å². The van der Waals surface area contributed by atoms with Crippen LogP contribution in [0.4, 0.5) is 5.69 Å². The lowest BCUT2D eigenvalue weighted by molar-refractivity contribution is -0.117. The van der Waals surface area contributed by atoms with E-state index in [4.69, 9.17) is 4.99 Å². The number of amides is 1. The molecule has 1 aliphatic heterocycles. The van der Waals surface area contributed by atoms with Crippen LogP contribution in [0.25, 0.3) is 0 Å². The molecule has 4 heteroatoms. The summed E-state index contributed by atoms with van der Waals surface area (Å²) < 4.78 is 0. The lowest BCUT2D eigenvalue weighted by Crippen LogP contribution is -2.26. The molecule has 1 amide bonds. The molecule has 3 rings (SSSR count). The van der Waals surface area contributed by atoms with Gasteiger partial charge in [0, 0.05) is 11.1 Å². The molecule has 1 N–H and O–H groups in total. The number of benzene rings is 2. The Labute approximate surface area is 134 Å². The molecule has 112 valence electrons. The largest absolute Gasteiger partial charge is 0.324 e. The van der Waals surface area contributed by atoms with Gasteiger partial charge < -0.3 is 5.32 Å². The van der Waals surface area contributed by atoms with Gasteiger partial charge in [-0.15, -0.1) is 0 Å². The molecule has 0 saturated carbocycles. The number of anilines is 1. The normalized spacial score (nSPS) is 17.2. The second-order valence-corrected chi connectivity index (χ2v) is 6.16. The maximum absolute atomic E-state index is 12.4. The van der Waals surface area contributed by atoms with Gasteiger partial charge in [-0.2, -0.15) is 11.8 Å². The van der Waals surface area contributed by atoms with Crippen molar-refractivity contribution >= 4 is 29.1 Å². The zero-order valence-corrected chi connectivity index (χ0v) is 13.3. The van der Waals surface area contributed by atoms with Crippen molar-refractivity contribution in [2.45, 2.75) is 12.5 Å². The summed E-state index contributed by atoms with van der Waals surface area (Å²) in [4.78, 5) is 17.2. The molecule has 1 heterocycles. The zero-order valence-electron chi connectivity index (χ0n) is 12.5. The van der Waals surface area contributed by atoms with E-state index in [1.165, 1.54) is 0 Å². The van der Waals surface area contributed by atoms with Crippen molar-refractivity contribution in [2.24, 2.45) is 4.99 Å². The number of fused-ring (bicyclic) bond motifs is 1. The lowest BCUT2D eigenvalue weighted by Gasteiger charge is -2.10. The average molecular weight is 310 g/mol. The molecule has 1 aliphatic rings. The van der Waals surface area contributed by atoms with Crippen molar-refractivity contribution in [3.8, 4) is 0 Å². The smallest absolute Gasteiger partial charge is 0.249 e. The Bertz CT molecular complexity index is 697. The number of hydrogen-bond acceptors (Lipinski definition) is 3. The van der Waals surface area contributed by atoms with E-state index in [-0.39, 0.29) is 11.9 Å². The summed E-state index contributed by atoms with van der Waals surface area (Å²) in [5.41, 5.74) is 3.75. The molecule has 0 spiro atoms. The van der Waals surface area contributed by atoms with E-state index in [1.807, 2.05) is 60.9 Å². The highest BCUT2D eigenvalue weighted by Crippen LogP contribution is 2.25. The van der Waals surface area contributed by atoms with Gasteiger partial charge in [0.25, 0.3) is 0 Å². The van der Waals surface area contributed by atoms with Gasteiger partial charge in [0.1, 0.15) is 6.04 Å². The second kappa shape index (κ2) is 6.79. The minimum absolute atomic E-state index is 0.0209. The molecule has 0 unspecified atom stereocenters. The first kappa shape index (κ1) is 14.9. The van der Waals surface area contributed by atoms with E-state index in [1.54, 1.807) is 11.8 Å². The van der Waals surface area contributed by atoms with Crippen LogP contribution in [0.15, 0.2) is 59.6 Å². The Balaban J connectivity index is 2.09. The maximum atomic E-state index is 12.4. The van der Waals surface area contributed by atoms with Crippen LogP contribution in [0, 0.1) is 0 Å². The number of para-hydroxylation sites is 1. The van der Waals surface area contributed by atoms with Crippen molar-refractivity contribution in [3.05, 3.63) is 65.7 Å². The Hall–Kier alpha value is -2.07. The van der Waals surface area contributed by atoms with Crippen molar-refractivity contribution in [1.29, 1.82) is 0 Å². The van der Waals surface area contributed by atoms with Gasteiger partial charge in [-0.05, 0) is 24.5 Å². The highest BCUT2D eigenvalue weighted by Gasteiger charge is 2.25. The molecule has 22 heavy (non-hydrogen) atoms. The van der Waals surface area contributed by atoms with Crippen molar-refractivity contribution in [1.82, 2.24) is 0 Å². The first-order valence-electron chi connectivity index (χ1n) is 7.32. The van der Waals surface area contributed by atoms with Crippen LogP contribution >= 0.6 is 11.8 Å². The van der Waals surface area contributed by atoms with E-state index in [9.17, 15) is 4.79 Å². The second-order valence-electron chi connectivity index (χ2n) is 5.18. The Morgan fingerprint density at radius 1 is 1.09 bits per heavy atom. The van der Waals surface area contributed by atoms with E-state index < -0.39 is 0 Å². The molecule has 0 aliphatic carbocycles. The monoisotopic (exact) mass is 310 g/mol. The number of nitrogens with one attached hydrogen (secondary N) is 1. The van der Waals surface area contributed by atoms with Crippen LogP contribution in [0.3, 0.4) is 0 Å². The molecule has 0 aromatic heterocycles. The van der Waals surface area contributed by atoms with Gasteiger partial charge in [-0.1, -0.05) is 48.5 Å². The van der Waals surface area contributed by atoms with E-state index in [0.29, 0.717) is 0 Å². The van der Waals surface area contributed by atoms with Crippen molar-refractivity contribution < 1.29 is 4.79 Å². The predicted octanol–water partition coefficient (Wildman–Crippen LogP) is 3.60. The predicted molar refractivity (Wildman–Crippen MR) is 93.9 cm³/mol. The number of aliphatic imine (C=N–C) groups is 1. The molecule has 2 aromatic rings. The Morgan fingerprint density at radius 3 is 2.59 bits per heavy atom. The fourth-order valence-electron chi connectivity index (χ4n) is 2.55. The average Bonchev–Trinajstić information content (AvgIpc) is 2.70. The number of rotatable bonds is 4. The number of carbonyl (C=O) groups excluding carboxylic acids is 1. The number of carbonyl (C=O) groups is 1. The number of nitrogens with zero attached hydrogens (tertiary/aromatic N) is 1. The summed E-state index contributed by atoms with van der Waals surface area (Å²) in [6, 6.07) is 17.6. The molecule has 0 saturated heterocycles. The standard InChI is InChI=1S/C18H18N2OS/c1-22-12-11-16-18(21)20-15-10-6-5-9-14(15)17(19-16)13-7-3-2-4-8-13/h2-10,16H,11-12H2,1H3,(H,20,21)/t16-/m0/s1. The van der Waals surface area contributed by atoms with E-state index in [0.717, 1.165) is 34.7 Å². The first-order valence-corrected chi connectivity index (χ1v) is 8.71. The molecule has 0 bridgehead atoms. The van der Waals surface area contributed by atoms with Crippen LogP contribution in [0.5, 0.6) is 0 Å². The molecule has 1 atom stereocenters. The van der Waals surface area contributed by atoms with Gasteiger partial charge in [-0.25, -0.2) is 0 Å². The topological polar surface area (TPSA) is 41.5 Å². The van der Waals surface area contributed by atoms with Crippen LogP contribution in [-0.2, 0) is 4.79 Å². The SMILES string of the molecule is CSCC[C@@H]1N=C(c2ccccc2)c2ccccc2NC1=O. The fourth-order valence-corrected chi connectivity index (χ4v) is 3.01. The number of benzodiazepines with no additional fused rings is 1. The highest BCUT2D eigenvalue weighted by atomic mass is 32.2. The summed E-state index contributed by atoms with van der Waals surface area (Å²) in [6.45, 7) is 0. The first-order chi connectivity index (χ1) is 10.8. The summed E-state index contributed by atoms with van der Waals surface area (Å²) in [7, 11) is 0. The Kier molecular flexibility index (Phi) is 4.59. The van der Waals surface area contributed by atoms with Crippen LogP contribution in [0.1, 0.15) is 17.5 Å². The summed E-state index contributed by atoms with van der Waals surface area (Å²) in [6.07, 6.45) is 2.79. The van der Waals surface area contributed by atoms with E-state index in [2.05, 4.69) is 5.32 Å². The molecule has 3 nitrogen and oxygen atoms in total. The molecular formula is C18H18N2OS. The Morgan fingerprint density at radius 2 is 1.82 bits per heavy atom. The highest BCUT2D eigenvalue weighted by molar-refractivity contribution is 7.98. The zero-order chi connectivity index (χ0) is 15.4. The maximum Gasteiger partial charge on any atom is 0.249 e. The minimum Gasteiger partial charge on any atom is -0.324 e. The van der Waals surface area contributed by atoms with Crippen molar-refractivity contribution in [2.75, 3.05) is 17.3 Å². The molecule has 0 radical (unpaired) electrons. The van der Waals surface area contributed by atoms with Gasteiger partial charge in [0.2, 0.25) is 5.91 Å². The summed E-state index contributed by atoms with van der Waals surface area (Å²) in [5, 5.41) is 3.02. The third-order valence-corrected chi connectivity index (χ3v) is 4.31. The molecule has 2 aromatic carbocycles. The van der Waals surface area contributed by atoms with Gasteiger partial charge in [0.05, 0.1) is 11.4 Å². The van der Waals surface area contributed by atoms with Gasteiger partial charge in [0.15, 0.2) is 0 Å². The van der Waals surface area contributed by atoms with Crippen LogP contribution in [0.2, 0.25) is 0 Å². The minimum atomic E-state index is -0.338. The van der Waals surface area contributed by atoms with E-state index >= 15 is 0 Å². The number of thioether (sulfide) groups is 1. The van der Waals surface area contributed by atoms with Crippen LogP contribution < -0.4 is 5.32 Å². The number of hydrogen-bond donors (Lipinski definition) is 1. The third kappa shape index (κ3) is 3.07. The van der Waals surface area contributed by atoms with Crippen molar-refractivity contribution in [3.63, 3.8) is 0 Å². The van der Waals surface area contributed by atoms with Crippen LogP contribution in [-0.4, -0.2) is 29.7 Å². The molecule has 0 fully saturated rings.